The van der Waals surface area contributed by atoms with Gasteiger partial charge in [0.2, 0.25) is 5.91 Å². The number of rotatable bonds is 28. The number of hydrazine groups is 2. The van der Waals surface area contributed by atoms with Gasteiger partial charge in [-0.25, -0.2) is 24.9 Å². The molecular formula is C80H78N9O37S8-. The number of carboxylic acid groups (broad SMARTS) is 2. The van der Waals surface area contributed by atoms with Crippen molar-refractivity contribution in [3.63, 3.8) is 0 Å². The van der Waals surface area contributed by atoms with E-state index in [0.717, 1.165) is 118 Å². The number of hydrogen-bond acceptors (Lipinski definition) is 36. The van der Waals surface area contributed by atoms with E-state index in [0.29, 0.717) is 59.6 Å². The molecule has 2 atom stereocenters. The Kier molecular flexibility index (Phi) is 37.3. The monoisotopic (exact) mass is 2010 g/mol. The minimum absolute atomic E-state index is 0.0460. The van der Waals surface area contributed by atoms with Gasteiger partial charge in [0.05, 0.1) is 16.6 Å². The molecule has 0 aromatic heterocycles. The summed E-state index contributed by atoms with van der Waals surface area (Å²) in [5, 5.41) is 40.9. The molecule has 134 heavy (non-hydrogen) atoms. The largest absolute Gasteiger partial charge is 0.744 e. The second kappa shape index (κ2) is 46.6. The molecule has 0 saturated carbocycles. The number of fused-ring (bicyclic) bond motifs is 2. The van der Waals surface area contributed by atoms with Gasteiger partial charge in [0.15, 0.2) is 22.8 Å². The molecule has 0 bridgehead atoms. The van der Waals surface area contributed by atoms with E-state index in [-0.39, 0.29) is 86.7 Å². The van der Waals surface area contributed by atoms with E-state index in [1.54, 1.807) is 47.6 Å². The summed E-state index contributed by atoms with van der Waals surface area (Å²) in [7, 11) is -31.9. The van der Waals surface area contributed by atoms with Crippen LogP contribution >= 0.6 is 0 Å². The number of anilines is 1. The van der Waals surface area contributed by atoms with Crippen LogP contribution in [0.5, 0.6) is 5.75 Å². The minimum atomic E-state index is -5.44. The van der Waals surface area contributed by atoms with Crippen molar-refractivity contribution in [2.75, 3.05) is 25.4 Å². The van der Waals surface area contributed by atoms with Crippen LogP contribution in [0.4, 0.5) is 5.69 Å². The maximum atomic E-state index is 13.0. The lowest BCUT2D eigenvalue weighted by molar-refractivity contribution is -0.138. The van der Waals surface area contributed by atoms with Crippen molar-refractivity contribution >= 4 is 217 Å². The van der Waals surface area contributed by atoms with Crippen molar-refractivity contribution in [3.8, 4) is 28.2 Å². The van der Waals surface area contributed by atoms with Crippen molar-refractivity contribution in [1.29, 1.82) is 5.41 Å². The van der Waals surface area contributed by atoms with Crippen LogP contribution in [0.1, 0.15) is 111 Å². The first-order chi connectivity index (χ1) is 62.6. The van der Waals surface area contributed by atoms with E-state index in [1.165, 1.54) is 24.6 Å². The highest BCUT2D eigenvalue weighted by Gasteiger charge is 2.35. The van der Waals surface area contributed by atoms with E-state index in [4.69, 9.17) is 87.6 Å². The molecule has 10 aromatic rings. The van der Waals surface area contributed by atoms with Crippen molar-refractivity contribution in [2.24, 2.45) is 17.6 Å². The van der Waals surface area contributed by atoms with Crippen LogP contribution in [0.25, 0.3) is 98.1 Å². The van der Waals surface area contributed by atoms with Crippen molar-refractivity contribution in [2.45, 2.75) is 123 Å². The van der Waals surface area contributed by atoms with Gasteiger partial charge in [0, 0.05) is 81.9 Å². The zero-order valence-electron chi connectivity index (χ0n) is 69.4. The number of nitrogens with one attached hydrogen (secondary N) is 5. The highest BCUT2D eigenvalue weighted by atomic mass is 32.2. The van der Waals surface area contributed by atoms with Crippen LogP contribution in [-0.2, 0) is 123 Å². The Hall–Kier alpha value is -13.8. The minimum Gasteiger partial charge on any atom is -0.744 e. The van der Waals surface area contributed by atoms with E-state index in [9.17, 15) is 100 Å². The molecule has 714 valence electrons. The average Bonchev–Trinajstić information content (AvgIpc) is 0.733. The van der Waals surface area contributed by atoms with Gasteiger partial charge in [0.25, 0.3) is 54.0 Å². The fourth-order valence-electron chi connectivity index (χ4n) is 14.8. The first-order valence-electron chi connectivity index (χ1n) is 38.5. The molecule has 10 aromatic carbocycles. The quantitative estimate of drug-likeness (QED) is 0.00476. The molecule has 54 heteroatoms. The first-order valence-corrected chi connectivity index (χ1v) is 48.2. The Morgan fingerprint density at radius 3 is 1.44 bits per heavy atom. The fraction of sp³-hybridized carbons (Fsp3) is 0.250. The number of amides is 5. The predicted molar refractivity (Wildman–Crippen MR) is 469 cm³/mol. The number of piperidine rings is 1. The molecule has 1 aliphatic carbocycles. The summed E-state index contributed by atoms with van der Waals surface area (Å²) in [4.78, 5) is 108. The molecule has 2 aliphatic heterocycles. The lowest BCUT2D eigenvalue weighted by atomic mass is 9.89. The molecule has 2 unspecified atom stereocenters. The fourth-order valence-corrected chi connectivity index (χ4v) is 17.6. The number of aryl methyl sites for hydroxylation is 1. The van der Waals surface area contributed by atoms with E-state index < -0.39 is 175 Å². The number of ether oxygens (including phenoxy) is 1. The van der Waals surface area contributed by atoms with Crippen LogP contribution in [0.15, 0.2) is 164 Å². The standard InChI is InChI=1S/C30H32N4O8S.C26H23N5O13S2.C24H24O4S.4O3S/c1-17(35)2-9-23(30(38)33-31)32-29(37)20-12-14-34(15-13-20)26(36)16-42-24-10-5-18-3-4-19-6-11-25(43(39,40)41)22-8-7-21(24)27(18)28(19)22;27-15-5-3-12-19(13-4-6-16(28)23(46(41,42)43)21(13)44-20(12)22(15)45(38,39)40)11-2-1-10(9-14(11)26(36)37)24(34)30-17(25(35)31-29)7-8-18(32)33;1-16(25)6-4-2-3-5-7-17-8-9-18-10-11-19-12-15-22(29(26,27)28)21-14-13-20(17)23(18)24(19)21;4*1-4(2)3/h3-8,10-11,20,23H,2,9,12-16,31H2,1H3,(H,32,37)(H,33,38)(H,39,40,41);1-6,9,17,27H,7-8,28-29H2,(H,30,34)(H,31,35)(H,32,33)(H,36,37)(H,38,39,40)(H,41,42,43);8-15H,2-7H2,1H3,(H,26,27,28);;;;/p-1. The second-order valence-corrected chi connectivity index (χ2v) is 36.1. The molecule has 0 spiro atoms. The third-order valence-electron chi connectivity index (χ3n) is 20.4. The van der Waals surface area contributed by atoms with Gasteiger partial charge in [-0.15, -0.1) is 50.5 Å². The van der Waals surface area contributed by atoms with Crippen LogP contribution in [0, 0.1) is 11.3 Å². The van der Waals surface area contributed by atoms with Crippen molar-refractivity contribution in [3.05, 3.63) is 162 Å². The van der Waals surface area contributed by atoms with Crippen LogP contribution in [-0.4, -0.2) is 202 Å². The molecule has 16 N–H and O–H groups in total. The molecule has 13 rings (SSSR count). The zero-order chi connectivity index (χ0) is 100. The normalized spacial score (nSPS) is 12.5. The number of carboxylic acids is 2. The molecule has 46 nitrogen and oxygen atoms in total. The molecule has 2 heterocycles. The van der Waals surface area contributed by atoms with Crippen molar-refractivity contribution in [1.82, 2.24) is 26.4 Å². The molecule has 0 radical (unpaired) electrons. The number of carbonyl (C=O) groups excluding carboxylic acids is 7. The van der Waals surface area contributed by atoms with Crippen LogP contribution < -0.4 is 49.0 Å². The Morgan fingerprint density at radius 1 is 0.522 bits per heavy atom. The molecule has 1 saturated heterocycles. The van der Waals surface area contributed by atoms with Gasteiger partial charge in [0.1, 0.15) is 54.2 Å². The number of nitrogens with two attached hydrogens (primary N) is 3. The SMILES string of the molecule is CC(=O)CCC(NC(=O)C1CCN(C(=O)COc2ccc3ccc4ccc(S(=O)(=O)O)c5ccc2c3c45)CC1)C(=O)NN.CC(=O)CCCCCCc1ccc2ccc3ccc(S(=O)(=O)O)c4ccc1c2c34.N=c1ccc2c(-c3ccc(C(=O)NC(CCC(=O)O)C(=O)NN)cc3C(=O)O)c3ccc(N)c(S(=O)(=O)[O-])c3oc-2c1S(=O)(=O)O.O=S(=O)=O.O=S(=O)=O.O=S(=O)=O.O=S(=O)=O. The molecular weight excluding hydrogens is 1940 g/mol. The third kappa shape index (κ3) is 28.4. The smallest absolute Gasteiger partial charge is 0.425 e. The average molecular weight is 2010 g/mol. The number of nitrogen functional groups attached to an aromatic ring is 1. The Balaban J connectivity index is 0.000000257. The van der Waals surface area contributed by atoms with E-state index in [1.807, 2.05) is 41.8 Å². The lowest BCUT2D eigenvalue weighted by Gasteiger charge is -2.32. The Labute approximate surface area is 764 Å². The van der Waals surface area contributed by atoms with Gasteiger partial charge < -0.3 is 54.8 Å². The number of nitrogens with zero attached hydrogens (tertiary/aromatic N) is 1. The maximum Gasteiger partial charge on any atom is 0.425 e. The number of likely N-dealkylation sites (tertiary alicyclic amines) is 1. The van der Waals surface area contributed by atoms with Crippen LogP contribution in [0.2, 0.25) is 0 Å². The van der Waals surface area contributed by atoms with Gasteiger partial charge >= 0.3 is 54.4 Å². The van der Waals surface area contributed by atoms with Gasteiger partial charge in [-0.1, -0.05) is 91.7 Å². The summed E-state index contributed by atoms with van der Waals surface area (Å²) in [6.07, 6.45) is 5.91. The highest BCUT2D eigenvalue weighted by Crippen LogP contribution is 2.47. The number of aromatic carboxylic acids is 1. The highest BCUT2D eigenvalue weighted by molar-refractivity contribution is 7.87. The number of unbranched alkanes of at least 4 members (excludes halogenated alkanes) is 3. The maximum absolute atomic E-state index is 13.0. The summed E-state index contributed by atoms with van der Waals surface area (Å²) < 4.78 is 251. The topological polar surface area (TPSA) is 795 Å². The summed E-state index contributed by atoms with van der Waals surface area (Å²) in [6.45, 7) is 3.47. The number of carbonyl (C=O) groups is 9. The summed E-state index contributed by atoms with van der Waals surface area (Å²) >= 11 is 0. The Morgan fingerprint density at radius 2 is 0.963 bits per heavy atom. The second-order valence-electron chi connectivity index (χ2n) is 29.0. The van der Waals surface area contributed by atoms with E-state index >= 15 is 0 Å². The van der Waals surface area contributed by atoms with Gasteiger partial charge in [-0.2, -0.15) is 25.3 Å². The number of hydrogen-bond donors (Lipinski definition) is 13. The Bertz CT molecular complexity index is 7540. The summed E-state index contributed by atoms with van der Waals surface area (Å²) in [6, 6.07) is 33.9. The van der Waals surface area contributed by atoms with Crippen LogP contribution in [0.3, 0.4) is 0 Å². The number of aliphatic carboxylic acids is 1. The predicted octanol–water partition coefficient (Wildman–Crippen LogP) is 4.26. The third-order valence-corrected chi connectivity index (χ3v) is 24.1. The van der Waals surface area contributed by atoms with Gasteiger partial charge in [-0.05, 0) is 174 Å². The van der Waals surface area contributed by atoms with E-state index in [2.05, 4.69) is 28.8 Å². The summed E-state index contributed by atoms with van der Waals surface area (Å²) in [5.74, 6) is 3.66. The first kappa shape index (κ1) is 107. The van der Waals surface area contributed by atoms with Crippen molar-refractivity contribution < 1.29 is 165 Å². The number of Topliss-reactive ketones (excluding diaryl/α,β-unsaturated/α-hetero) is 2. The molecule has 5 amide bonds. The zero-order valence-corrected chi connectivity index (χ0v) is 75.9. The molecule has 1 fully saturated rings. The molecule has 3 aliphatic rings. The number of ketones is 2. The number of benzene rings is 11. The van der Waals surface area contributed by atoms with Gasteiger partial charge in [-0.3, -0.25) is 58.7 Å². The lowest BCUT2D eigenvalue weighted by Crippen LogP contribution is -2.52. The summed E-state index contributed by atoms with van der Waals surface area (Å²) in [5.41, 5.74) is 7.57.